The first kappa shape index (κ1) is 13.7. The maximum atomic E-state index is 11.6. The molecule has 7 heteroatoms. The first-order valence-corrected chi connectivity index (χ1v) is 4.41. The van der Waals surface area contributed by atoms with Gasteiger partial charge in [0, 0.05) is 26.8 Å². The fourth-order valence-corrected chi connectivity index (χ4v) is 0.724. The second kappa shape index (κ2) is 8.08. The third-order valence-corrected chi connectivity index (χ3v) is 1.32. The van der Waals surface area contributed by atoms with Crippen LogP contribution < -0.4 is 0 Å². The highest BCUT2D eigenvalue weighted by Gasteiger charge is 2.22. The van der Waals surface area contributed by atoms with E-state index < -0.39 is 13.5 Å². The Morgan fingerprint density at radius 1 is 0.929 bits per heavy atom. The zero-order chi connectivity index (χ0) is 10.9. The molecular formula is C7H15BF3O3-. The number of hydrogen-bond donors (Lipinski definition) is 0. The first-order chi connectivity index (χ1) is 6.56. The standard InChI is InChI=1S/C7H15BF3O3/c1-12-5-6-13-3-2-4-14-7-8(9,10)11/h2-7H2,1H3/q-1. The second-order valence-electron chi connectivity index (χ2n) is 2.74. The van der Waals surface area contributed by atoms with Crippen molar-refractivity contribution in [2.45, 2.75) is 6.42 Å². The van der Waals surface area contributed by atoms with Crippen LogP contribution in [0.4, 0.5) is 12.9 Å². The zero-order valence-corrected chi connectivity index (χ0v) is 8.18. The van der Waals surface area contributed by atoms with Crippen LogP contribution >= 0.6 is 0 Å². The van der Waals surface area contributed by atoms with E-state index in [-0.39, 0.29) is 6.61 Å². The summed E-state index contributed by atoms with van der Waals surface area (Å²) in [5.74, 6) is 0. The summed E-state index contributed by atoms with van der Waals surface area (Å²) in [7, 11) is 1.55. The number of methoxy groups -OCH3 is 1. The Morgan fingerprint density at radius 3 is 2.14 bits per heavy atom. The molecule has 0 aliphatic heterocycles. The third-order valence-electron chi connectivity index (χ3n) is 1.32. The Balaban J connectivity index is 2.99. The van der Waals surface area contributed by atoms with E-state index in [1.54, 1.807) is 7.11 Å². The van der Waals surface area contributed by atoms with Crippen molar-refractivity contribution in [3.63, 3.8) is 0 Å². The molecule has 14 heavy (non-hydrogen) atoms. The van der Waals surface area contributed by atoms with Gasteiger partial charge in [0.25, 0.3) is 0 Å². The lowest BCUT2D eigenvalue weighted by Gasteiger charge is -2.13. The second-order valence-corrected chi connectivity index (χ2v) is 2.74. The van der Waals surface area contributed by atoms with Crippen molar-refractivity contribution >= 4 is 6.98 Å². The molecule has 0 radical (unpaired) electrons. The van der Waals surface area contributed by atoms with E-state index in [1.165, 1.54) is 0 Å². The van der Waals surface area contributed by atoms with Gasteiger partial charge in [-0.25, -0.2) is 0 Å². The summed E-state index contributed by atoms with van der Waals surface area (Å²) in [6.07, 6.45) is 0.468. The van der Waals surface area contributed by atoms with Crippen molar-refractivity contribution in [3.05, 3.63) is 0 Å². The number of halogens is 3. The van der Waals surface area contributed by atoms with Crippen LogP contribution in [-0.2, 0) is 14.2 Å². The topological polar surface area (TPSA) is 27.7 Å². The zero-order valence-electron chi connectivity index (χ0n) is 8.18. The van der Waals surface area contributed by atoms with Crippen molar-refractivity contribution in [2.24, 2.45) is 0 Å². The van der Waals surface area contributed by atoms with E-state index in [2.05, 4.69) is 4.74 Å². The van der Waals surface area contributed by atoms with Crippen LogP contribution in [0.3, 0.4) is 0 Å². The van der Waals surface area contributed by atoms with Crippen LogP contribution in [0.15, 0.2) is 0 Å². The minimum absolute atomic E-state index is 0.0776. The van der Waals surface area contributed by atoms with Gasteiger partial charge in [-0.2, -0.15) is 0 Å². The number of hydrogen-bond acceptors (Lipinski definition) is 3. The van der Waals surface area contributed by atoms with Crippen LogP contribution in [0, 0.1) is 0 Å². The lowest BCUT2D eigenvalue weighted by Crippen LogP contribution is -2.24. The molecule has 0 spiro atoms. The molecule has 3 nitrogen and oxygen atoms in total. The molecule has 0 aromatic heterocycles. The van der Waals surface area contributed by atoms with E-state index in [0.29, 0.717) is 26.2 Å². The molecule has 0 aliphatic carbocycles. The van der Waals surface area contributed by atoms with Crippen molar-refractivity contribution in [2.75, 3.05) is 40.0 Å². The maximum absolute atomic E-state index is 11.6. The van der Waals surface area contributed by atoms with Crippen LogP contribution in [0.5, 0.6) is 0 Å². The molecule has 0 N–H and O–H groups in total. The molecule has 0 aliphatic rings. The van der Waals surface area contributed by atoms with Gasteiger partial charge in [0.05, 0.1) is 13.2 Å². The van der Waals surface area contributed by atoms with E-state index in [1.807, 2.05) is 0 Å². The Hall–Kier alpha value is -0.265. The first-order valence-electron chi connectivity index (χ1n) is 4.41. The average Bonchev–Trinajstić information content (AvgIpc) is 2.08. The fourth-order valence-electron chi connectivity index (χ4n) is 0.724. The van der Waals surface area contributed by atoms with Crippen LogP contribution in [0.2, 0.25) is 0 Å². The van der Waals surface area contributed by atoms with E-state index in [4.69, 9.17) is 9.47 Å². The van der Waals surface area contributed by atoms with Crippen molar-refractivity contribution in [1.82, 2.24) is 0 Å². The molecule has 86 valence electrons. The summed E-state index contributed by atoms with van der Waals surface area (Å²) >= 11 is 0. The van der Waals surface area contributed by atoms with Crippen molar-refractivity contribution in [3.8, 4) is 0 Å². The van der Waals surface area contributed by atoms with Gasteiger partial charge in [-0.3, -0.25) is 0 Å². The predicted octanol–water partition coefficient (Wildman–Crippen LogP) is 1.44. The largest absolute Gasteiger partial charge is 0.503 e. The van der Waals surface area contributed by atoms with E-state index in [9.17, 15) is 12.9 Å². The van der Waals surface area contributed by atoms with Gasteiger partial charge in [-0.15, -0.1) is 0 Å². The monoisotopic (exact) mass is 215 g/mol. The summed E-state index contributed by atoms with van der Waals surface area (Å²) in [5, 5.41) is 0. The normalized spacial score (nSPS) is 12.0. The summed E-state index contributed by atoms with van der Waals surface area (Å²) in [5.41, 5.74) is 0. The van der Waals surface area contributed by atoms with Gasteiger partial charge in [0.2, 0.25) is 0 Å². The lowest BCUT2D eigenvalue weighted by atomic mass is 9.95. The highest BCUT2D eigenvalue weighted by molar-refractivity contribution is 6.58. The maximum Gasteiger partial charge on any atom is 0.503 e. The SMILES string of the molecule is COCCOCCCOC[B-](F)(F)F. The van der Waals surface area contributed by atoms with E-state index in [0.717, 1.165) is 0 Å². The van der Waals surface area contributed by atoms with Gasteiger partial charge in [0.15, 0.2) is 0 Å². The molecule has 0 unspecified atom stereocenters. The van der Waals surface area contributed by atoms with Gasteiger partial charge >= 0.3 is 6.98 Å². The third kappa shape index (κ3) is 11.7. The minimum Gasteiger partial charge on any atom is -0.447 e. The van der Waals surface area contributed by atoms with Gasteiger partial charge in [-0.05, 0) is 6.42 Å². The molecule has 0 bridgehead atoms. The van der Waals surface area contributed by atoms with Gasteiger partial charge < -0.3 is 27.2 Å². The van der Waals surface area contributed by atoms with Crippen LogP contribution in [0.1, 0.15) is 6.42 Å². The van der Waals surface area contributed by atoms with Crippen LogP contribution in [-0.4, -0.2) is 47.0 Å². The summed E-state index contributed by atoms with van der Waals surface area (Å²) in [6, 6.07) is 0. The highest BCUT2D eigenvalue weighted by Crippen LogP contribution is 2.07. The molecule has 0 saturated carbocycles. The van der Waals surface area contributed by atoms with Crippen LogP contribution in [0.25, 0.3) is 0 Å². The average molecular weight is 215 g/mol. The number of ether oxygens (including phenoxy) is 3. The van der Waals surface area contributed by atoms with Gasteiger partial charge in [0.1, 0.15) is 0 Å². The molecule has 0 aromatic rings. The highest BCUT2D eigenvalue weighted by atomic mass is 19.4. The smallest absolute Gasteiger partial charge is 0.447 e. The number of rotatable bonds is 9. The Kier molecular flexibility index (Phi) is 7.92. The molecule has 0 atom stereocenters. The molecule has 0 fully saturated rings. The molecule has 0 rings (SSSR count). The summed E-state index contributed by atoms with van der Waals surface area (Å²) in [4.78, 5) is 0. The molecule has 0 saturated heterocycles. The minimum atomic E-state index is -4.82. The predicted molar refractivity (Wildman–Crippen MR) is 47.2 cm³/mol. The lowest BCUT2D eigenvalue weighted by molar-refractivity contribution is 0.0544. The Bertz CT molecular complexity index is 132. The van der Waals surface area contributed by atoms with Gasteiger partial charge in [-0.1, -0.05) is 0 Å². The molecule has 0 aromatic carbocycles. The molecular weight excluding hydrogens is 200 g/mol. The Labute approximate surface area is 81.6 Å². The van der Waals surface area contributed by atoms with Crippen molar-refractivity contribution < 1.29 is 27.2 Å². The molecule has 0 heterocycles. The quantitative estimate of drug-likeness (QED) is 0.430. The fraction of sp³-hybridized carbons (Fsp3) is 1.00. The summed E-state index contributed by atoms with van der Waals surface area (Å²) in [6.45, 7) is -4.52. The van der Waals surface area contributed by atoms with Crippen molar-refractivity contribution in [1.29, 1.82) is 0 Å². The Morgan fingerprint density at radius 2 is 1.57 bits per heavy atom. The summed E-state index contributed by atoms with van der Waals surface area (Å²) < 4.78 is 49.0. The molecule has 0 amide bonds. The van der Waals surface area contributed by atoms with E-state index >= 15 is 0 Å².